The molecule has 1 aromatic rings. The quantitative estimate of drug-likeness (QED) is 0.610. The monoisotopic (exact) mass is 278 g/mol. The van der Waals surface area contributed by atoms with E-state index >= 15 is 0 Å². The summed E-state index contributed by atoms with van der Waals surface area (Å²) in [5, 5.41) is 0.276. The second kappa shape index (κ2) is 8.00. The number of alkyl halides is 1. The maximum absolute atomic E-state index is 12.3. The van der Waals surface area contributed by atoms with Crippen LogP contribution in [0.25, 0.3) is 0 Å². The van der Waals surface area contributed by atoms with E-state index in [0.717, 1.165) is 0 Å². The topological polar surface area (TPSA) is 17.1 Å². The molecular formula is C10H12BrFOS. The van der Waals surface area contributed by atoms with Gasteiger partial charge in [-0.3, -0.25) is 4.79 Å². The van der Waals surface area contributed by atoms with Gasteiger partial charge in [-0.2, -0.15) is 11.8 Å². The van der Waals surface area contributed by atoms with Gasteiger partial charge in [0.05, 0.1) is 5.33 Å². The molecule has 0 saturated carbocycles. The van der Waals surface area contributed by atoms with Gasteiger partial charge >= 0.3 is 0 Å². The zero-order valence-electron chi connectivity index (χ0n) is 8.09. The van der Waals surface area contributed by atoms with Crippen LogP contribution in [-0.4, -0.2) is 23.6 Å². The van der Waals surface area contributed by atoms with E-state index in [-0.39, 0.29) is 16.9 Å². The van der Waals surface area contributed by atoms with E-state index in [9.17, 15) is 9.18 Å². The van der Waals surface area contributed by atoms with Crippen molar-refractivity contribution < 1.29 is 9.18 Å². The maximum Gasteiger partial charge on any atom is 0.173 e. The lowest BCUT2D eigenvalue weighted by Crippen LogP contribution is -1.98. The number of halogens is 2. The van der Waals surface area contributed by atoms with Crippen molar-refractivity contribution in [3.63, 3.8) is 0 Å². The number of rotatable bonds is 2. The molecule has 1 aromatic carbocycles. The predicted molar refractivity (Wildman–Crippen MR) is 64.0 cm³/mol. The summed E-state index contributed by atoms with van der Waals surface area (Å²) in [6.07, 6.45) is 4.08. The van der Waals surface area contributed by atoms with Gasteiger partial charge in [0.15, 0.2) is 5.78 Å². The van der Waals surface area contributed by atoms with Crippen molar-refractivity contribution in [3.8, 4) is 0 Å². The smallest absolute Gasteiger partial charge is 0.173 e. The largest absolute Gasteiger partial charge is 0.293 e. The van der Waals surface area contributed by atoms with Crippen molar-refractivity contribution in [1.82, 2.24) is 0 Å². The summed E-state index contributed by atoms with van der Waals surface area (Å²) in [6, 6.07) is 5.49. The molecule has 1 nitrogen and oxygen atoms in total. The van der Waals surface area contributed by atoms with Crippen LogP contribution in [0.15, 0.2) is 24.3 Å². The minimum atomic E-state index is -0.323. The maximum atomic E-state index is 12.3. The third kappa shape index (κ3) is 5.40. The molecule has 0 fully saturated rings. The fourth-order valence-electron chi connectivity index (χ4n) is 0.713. The molecule has 0 N–H and O–H groups in total. The summed E-state index contributed by atoms with van der Waals surface area (Å²) in [5.41, 5.74) is 0.531. The molecule has 0 radical (unpaired) electrons. The third-order valence-corrected chi connectivity index (χ3v) is 1.80. The number of ketones is 1. The van der Waals surface area contributed by atoms with Crippen molar-refractivity contribution in [2.45, 2.75) is 0 Å². The predicted octanol–water partition coefficient (Wildman–Crippen LogP) is 3.38. The van der Waals surface area contributed by atoms with Crippen molar-refractivity contribution in [1.29, 1.82) is 0 Å². The number of carbonyl (C=O) groups excluding carboxylic acids is 1. The Hall–Kier alpha value is -0.350. The highest BCUT2D eigenvalue weighted by atomic mass is 79.9. The molecule has 0 aliphatic rings. The number of benzene rings is 1. The Bertz CT molecular complexity index is 274. The van der Waals surface area contributed by atoms with Crippen molar-refractivity contribution in [3.05, 3.63) is 35.6 Å². The van der Waals surface area contributed by atoms with E-state index in [4.69, 9.17) is 0 Å². The van der Waals surface area contributed by atoms with Crippen LogP contribution in [0.3, 0.4) is 0 Å². The highest BCUT2D eigenvalue weighted by molar-refractivity contribution is 9.09. The Morgan fingerprint density at radius 3 is 2.14 bits per heavy atom. The molecule has 0 bridgehead atoms. The van der Waals surface area contributed by atoms with Crippen molar-refractivity contribution in [2.75, 3.05) is 17.8 Å². The van der Waals surface area contributed by atoms with Crippen LogP contribution >= 0.6 is 27.7 Å². The summed E-state index contributed by atoms with van der Waals surface area (Å²) in [7, 11) is 0. The van der Waals surface area contributed by atoms with E-state index in [0.29, 0.717) is 5.56 Å². The number of hydrogen-bond acceptors (Lipinski definition) is 2. The zero-order chi connectivity index (χ0) is 11.0. The number of Topliss-reactive ketones (excluding diaryl/α,β-unsaturated/α-hetero) is 1. The van der Waals surface area contributed by atoms with Gasteiger partial charge in [-0.1, -0.05) is 15.9 Å². The minimum absolute atomic E-state index is 0.0370. The standard InChI is InChI=1S/C8H6BrFO.C2H6S/c9-5-8(11)6-1-3-7(10)4-2-6;1-3-2/h1-4H,5H2;1-2H3. The minimum Gasteiger partial charge on any atom is -0.293 e. The molecule has 78 valence electrons. The Morgan fingerprint density at radius 1 is 1.36 bits per heavy atom. The Morgan fingerprint density at radius 2 is 1.79 bits per heavy atom. The van der Waals surface area contributed by atoms with Gasteiger partial charge in [-0.05, 0) is 36.8 Å². The average Bonchev–Trinajstić information content (AvgIpc) is 2.19. The zero-order valence-corrected chi connectivity index (χ0v) is 10.5. The van der Waals surface area contributed by atoms with Crippen molar-refractivity contribution in [2.24, 2.45) is 0 Å². The van der Waals surface area contributed by atoms with E-state index in [1.807, 2.05) is 12.5 Å². The van der Waals surface area contributed by atoms with E-state index in [2.05, 4.69) is 15.9 Å². The van der Waals surface area contributed by atoms with E-state index in [1.165, 1.54) is 24.3 Å². The van der Waals surface area contributed by atoms with Crippen LogP contribution in [0.5, 0.6) is 0 Å². The summed E-state index contributed by atoms with van der Waals surface area (Å²) in [5.74, 6) is -0.360. The highest BCUT2D eigenvalue weighted by Gasteiger charge is 2.01. The van der Waals surface area contributed by atoms with Crippen LogP contribution < -0.4 is 0 Å². The normalized spacial score (nSPS) is 8.86. The molecule has 0 aliphatic carbocycles. The SMILES string of the molecule is CSC.O=C(CBr)c1ccc(F)cc1. The average molecular weight is 279 g/mol. The molecule has 0 aromatic heterocycles. The summed E-state index contributed by atoms with van der Waals surface area (Å²) >= 11 is 4.78. The van der Waals surface area contributed by atoms with E-state index < -0.39 is 0 Å². The fourth-order valence-corrected chi connectivity index (χ4v) is 1.04. The molecule has 0 atom stereocenters. The summed E-state index contributed by atoms with van der Waals surface area (Å²) in [4.78, 5) is 11.0. The second-order valence-electron chi connectivity index (χ2n) is 2.47. The molecule has 0 unspecified atom stereocenters. The molecule has 1 rings (SSSR count). The van der Waals surface area contributed by atoms with Crippen LogP contribution in [0.2, 0.25) is 0 Å². The first-order valence-electron chi connectivity index (χ1n) is 3.90. The molecule has 0 heterocycles. The van der Waals surface area contributed by atoms with Gasteiger partial charge in [0, 0.05) is 5.56 Å². The van der Waals surface area contributed by atoms with Crippen LogP contribution in [0.1, 0.15) is 10.4 Å². The van der Waals surface area contributed by atoms with Gasteiger partial charge in [-0.15, -0.1) is 0 Å². The number of thioether (sulfide) groups is 1. The van der Waals surface area contributed by atoms with E-state index in [1.54, 1.807) is 11.8 Å². The first kappa shape index (κ1) is 13.7. The molecule has 0 spiro atoms. The molecular weight excluding hydrogens is 267 g/mol. The highest BCUT2D eigenvalue weighted by Crippen LogP contribution is 2.04. The summed E-state index contributed by atoms with van der Waals surface area (Å²) < 4.78 is 12.3. The van der Waals surface area contributed by atoms with Gasteiger partial charge in [0.1, 0.15) is 5.82 Å². The van der Waals surface area contributed by atoms with Crippen molar-refractivity contribution >= 4 is 33.5 Å². The fraction of sp³-hybridized carbons (Fsp3) is 0.300. The van der Waals surface area contributed by atoms with Crippen LogP contribution in [-0.2, 0) is 0 Å². The molecule has 0 amide bonds. The Kier molecular flexibility index (Phi) is 7.80. The van der Waals surface area contributed by atoms with Gasteiger partial charge in [0.2, 0.25) is 0 Å². The lowest BCUT2D eigenvalue weighted by atomic mass is 10.1. The first-order valence-corrected chi connectivity index (χ1v) is 6.66. The Labute approximate surface area is 96.2 Å². The Balaban J connectivity index is 0.000000500. The second-order valence-corrected chi connectivity index (χ2v) is 3.85. The lowest BCUT2D eigenvalue weighted by molar-refractivity contribution is 0.102. The summed E-state index contributed by atoms with van der Waals surface area (Å²) in [6.45, 7) is 0. The molecule has 4 heteroatoms. The van der Waals surface area contributed by atoms with Crippen LogP contribution in [0, 0.1) is 5.82 Å². The molecule has 14 heavy (non-hydrogen) atoms. The number of carbonyl (C=O) groups is 1. The van der Waals surface area contributed by atoms with Gasteiger partial charge < -0.3 is 0 Å². The van der Waals surface area contributed by atoms with Gasteiger partial charge in [0.25, 0.3) is 0 Å². The molecule has 0 saturated heterocycles. The van der Waals surface area contributed by atoms with Gasteiger partial charge in [-0.25, -0.2) is 4.39 Å². The number of hydrogen-bond donors (Lipinski definition) is 0. The van der Waals surface area contributed by atoms with Crippen LogP contribution in [0.4, 0.5) is 4.39 Å². The molecule has 0 aliphatic heterocycles. The third-order valence-electron chi connectivity index (χ3n) is 1.29. The first-order chi connectivity index (χ1) is 6.65. The lowest BCUT2D eigenvalue weighted by Gasteiger charge is -1.94.